The third kappa shape index (κ3) is 4.00. The van der Waals surface area contributed by atoms with Crippen LogP contribution in [0.25, 0.3) is 11.1 Å². The minimum absolute atomic E-state index is 0.0731. The number of imide groups is 1. The van der Waals surface area contributed by atoms with Gasteiger partial charge in [0.05, 0.1) is 28.7 Å². The maximum Gasteiger partial charge on any atom is 0.417 e. The van der Waals surface area contributed by atoms with Gasteiger partial charge in [0.2, 0.25) is 5.91 Å². The molecule has 3 aromatic rings. The van der Waals surface area contributed by atoms with E-state index in [0.29, 0.717) is 31.8 Å². The number of carbonyl (C=O) groups excluding carboxylic acids is 2. The van der Waals surface area contributed by atoms with Crippen molar-refractivity contribution in [3.05, 3.63) is 58.9 Å². The second kappa shape index (κ2) is 8.14. The van der Waals surface area contributed by atoms with Crippen LogP contribution in [0.5, 0.6) is 0 Å². The Morgan fingerprint density at radius 3 is 2.48 bits per heavy atom. The van der Waals surface area contributed by atoms with Gasteiger partial charge < -0.3 is 4.42 Å². The van der Waals surface area contributed by atoms with Gasteiger partial charge in [0, 0.05) is 5.92 Å². The van der Waals surface area contributed by atoms with Gasteiger partial charge in [-0.15, -0.1) is 0 Å². The van der Waals surface area contributed by atoms with Crippen LogP contribution in [0, 0.1) is 0 Å². The summed E-state index contributed by atoms with van der Waals surface area (Å²) in [6.07, 6.45) is -3.37. The normalized spacial score (nSPS) is 20.8. The zero-order chi connectivity index (χ0) is 23.3. The second-order valence-electron chi connectivity index (χ2n) is 8.28. The first-order chi connectivity index (χ1) is 15.7. The zero-order valence-corrected chi connectivity index (χ0v) is 18.1. The van der Waals surface area contributed by atoms with Crippen LogP contribution < -0.4 is 4.90 Å². The molecule has 1 aromatic heterocycles. The van der Waals surface area contributed by atoms with Crippen molar-refractivity contribution in [2.24, 2.45) is 0 Å². The Bertz CT molecular complexity index is 1200. The predicted octanol–water partition coefficient (Wildman–Crippen LogP) is 5.01. The minimum atomic E-state index is -4.69. The monoisotopic (exact) mass is 477 g/mol. The number of hydrogen-bond acceptors (Lipinski definition) is 5. The molecule has 0 unspecified atom stereocenters. The highest BCUT2D eigenvalue weighted by Gasteiger charge is 2.44. The van der Waals surface area contributed by atoms with E-state index >= 15 is 0 Å². The Kier molecular flexibility index (Phi) is 5.41. The van der Waals surface area contributed by atoms with Crippen molar-refractivity contribution in [2.45, 2.75) is 37.4 Å². The quantitative estimate of drug-likeness (QED) is 0.496. The fourth-order valence-corrected chi connectivity index (χ4v) is 4.79. The average molecular weight is 478 g/mol. The van der Waals surface area contributed by atoms with Gasteiger partial charge in [0.15, 0.2) is 11.5 Å². The third-order valence-corrected chi connectivity index (χ3v) is 6.60. The summed E-state index contributed by atoms with van der Waals surface area (Å²) in [5.74, 6) is -0.285. The number of amides is 2. The summed E-state index contributed by atoms with van der Waals surface area (Å²) in [6.45, 7) is 1.10. The summed E-state index contributed by atoms with van der Waals surface area (Å²) < 4.78 is 45.6. The summed E-state index contributed by atoms with van der Waals surface area (Å²) in [7, 11) is 0. The van der Waals surface area contributed by atoms with Crippen molar-refractivity contribution in [1.82, 2.24) is 9.88 Å². The summed E-state index contributed by atoms with van der Waals surface area (Å²) in [5, 5.41) is -0.483. The molecule has 3 heterocycles. The Balaban J connectivity index is 1.30. The number of anilines is 1. The number of halogens is 4. The molecule has 0 saturated carbocycles. The van der Waals surface area contributed by atoms with Crippen LogP contribution >= 0.6 is 11.6 Å². The predicted molar refractivity (Wildman–Crippen MR) is 115 cm³/mol. The summed E-state index contributed by atoms with van der Waals surface area (Å²) in [4.78, 5) is 33.0. The van der Waals surface area contributed by atoms with E-state index in [9.17, 15) is 22.8 Å². The molecular weight excluding hydrogens is 459 g/mol. The van der Waals surface area contributed by atoms with Crippen molar-refractivity contribution in [1.29, 1.82) is 0 Å². The molecule has 2 aliphatic heterocycles. The van der Waals surface area contributed by atoms with Crippen LogP contribution in [0.2, 0.25) is 5.02 Å². The van der Waals surface area contributed by atoms with Crippen molar-refractivity contribution in [3.63, 3.8) is 0 Å². The highest BCUT2D eigenvalue weighted by molar-refractivity contribution is 6.31. The molecular formula is C23H19ClF3N3O3. The Labute approximate surface area is 191 Å². The van der Waals surface area contributed by atoms with E-state index in [2.05, 4.69) is 4.98 Å². The lowest BCUT2D eigenvalue weighted by Gasteiger charge is -2.33. The van der Waals surface area contributed by atoms with Crippen LogP contribution in [0.1, 0.15) is 36.6 Å². The third-order valence-electron chi connectivity index (χ3n) is 6.27. The number of hydrogen-bond donors (Lipinski definition) is 0. The molecule has 1 atom stereocenters. The molecule has 6 nitrogen and oxygen atoms in total. The second-order valence-corrected chi connectivity index (χ2v) is 8.69. The highest BCUT2D eigenvalue weighted by atomic mass is 35.5. The van der Waals surface area contributed by atoms with Gasteiger partial charge in [-0.25, -0.2) is 9.88 Å². The molecule has 0 bridgehead atoms. The van der Waals surface area contributed by atoms with Crippen LogP contribution in [-0.2, 0) is 15.8 Å². The van der Waals surface area contributed by atoms with Gasteiger partial charge in [-0.2, -0.15) is 13.2 Å². The Morgan fingerprint density at radius 1 is 1.06 bits per heavy atom. The molecule has 2 fully saturated rings. The average Bonchev–Trinajstić information content (AvgIpc) is 3.34. The summed E-state index contributed by atoms with van der Waals surface area (Å²) in [5.41, 5.74) is 0.321. The van der Waals surface area contributed by atoms with E-state index in [1.165, 1.54) is 6.07 Å². The maximum atomic E-state index is 13.2. The standard InChI is InChI=1S/C23H19ClF3N3O3/c24-16-6-5-14(11-15(16)23(25,26)27)30-20(31)12-18(22(30)32)29-9-7-13(8-10-29)21-28-17-3-1-2-4-19(17)33-21/h1-6,11,13,18H,7-10,12H2/t18-/m0/s1. The number of carbonyl (C=O) groups is 2. The Hall–Kier alpha value is -2.91. The van der Waals surface area contributed by atoms with Gasteiger partial charge in [-0.05, 0) is 56.3 Å². The first-order valence-electron chi connectivity index (χ1n) is 10.6. The smallest absolute Gasteiger partial charge is 0.417 e. The van der Waals surface area contributed by atoms with Crippen LogP contribution in [-0.4, -0.2) is 40.8 Å². The molecule has 2 saturated heterocycles. The lowest BCUT2D eigenvalue weighted by Crippen LogP contribution is -2.45. The largest absolute Gasteiger partial charge is 0.440 e. The number of fused-ring (bicyclic) bond motifs is 1. The number of benzene rings is 2. The number of nitrogens with zero attached hydrogens (tertiary/aromatic N) is 3. The zero-order valence-electron chi connectivity index (χ0n) is 17.3. The van der Waals surface area contributed by atoms with Gasteiger partial charge in [-0.1, -0.05) is 23.7 Å². The fourth-order valence-electron chi connectivity index (χ4n) is 4.56. The van der Waals surface area contributed by atoms with E-state index in [-0.39, 0.29) is 18.0 Å². The van der Waals surface area contributed by atoms with E-state index in [1.807, 2.05) is 29.2 Å². The molecule has 2 amide bonds. The molecule has 172 valence electrons. The van der Waals surface area contributed by atoms with E-state index < -0.39 is 34.6 Å². The number of rotatable bonds is 3. The molecule has 0 radical (unpaired) electrons. The number of likely N-dealkylation sites (tertiary alicyclic amines) is 1. The lowest BCUT2D eigenvalue weighted by molar-refractivity contribution is -0.137. The number of oxazole rings is 1. The molecule has 2 aliphatic rings. The highest BCUT2D eigenvalue weighted by Crippen LogP contribution is 2.39. The van der Waals surface area contributed by atoms with Crippen molar-refractivity contribution >= 4 is 40.2 Å². The summed E-state index contributed by atoms with van der Waals surface area (Å²) in [6, 6.07) is 9.88. The number of alkyl halides is 3. The number of piperidine rings is 1. The van der Waals surface area contributed by atoms with Gasteiger partial charge in [-0.3, -0.25) is 14.5 Å². The van der Waals surface area contributed by atoms with Gasteiger partial charge in [0.1, 0.15) is 5.52 Å². The molecule has 33 heavy (non-hydrogen) atoms. The number of para-hydroxylation sites is 2. The van der Waals surface area contributed by atoms with Gasteiger partial charge >= 0.3 is 6.18 Å². The summed E-state index contributed by atoms with van der Waals surface area (Å²) >= 11 is 5.67. The number of aromatic nitrogens is 1. The van der Waals surface area contributed by atoms with Crippen LogP contribution in [0.15, 0.2) is 46.9 Å². The first kappa shape index (κ1) is 21.9. The first-order valence-corrected chi connectivity index (χ1v) is 10.9. The van der Waals surface area contributed by atoms with Gasteiger partial charge in [0.25, 0.3) is 5.91 Å². The topological polar surface area (TPSA) is 66.7 Å². The minimum Gasteiger partial charge on any atom is -0.440 e. The van der Waals surface area contributed by atoms with Crippen molar-refractivity contribution in [3.8, 4) is 0 Å². The lowest BCUT2D eigenvalue weighted by atomic mass is 9.95. The van der Waals surface area contributed by atoms with E-state index in [0.717, 1.165) is 28.1 Å². The van der Waals surface area contributed by atoms with E-state index in [1.54, 1.807) is 0 Å². The maximum absolute atomic E-state index is 13.2. The molecule has 0 spiro atoms. The molecule has 10 heteroatoms. The Morgan fingerprint density at radius 2 is 1.79 bits per heavy atom. The van der Waals surface area contributed by atoms with Crippen molar-refractivity contribution in [2.75, 3.05) is 18.0 Å². The van der Waals surface area contributed by atoms with Crippen molar-refractivity contribution < 1.29 is 27.2 Å². The molecule has 2 aromatic carbocycles. The molecule has 0 N–H and O–H groups in total. The molecule has 0 aliphatic carbocycles. The van der Waals surface area contributed by atoms with Crippen LogP contribution in [0.4, 0.5) is 18.9 Å². The fraction of sp³-hybridized carbons (Fsp3) is 0.348. The van der Waals surface area contributed by atoms with Crippen LogP contribution in [0.3, 0.4) is 0 Å². The molecule has 5 rings (SSSR count). The van der Waals surface area contributed by atoms with E-state index in [4.69, 9.17) is 16.0 Å². The SMILES string of the molecule is O=C1C[C@H](N2CCC(c3nc4ccccc4o3)CC2)C(=O)N1c1ccc(Cl)c(C(F)(F)F)c1.